The van der Waals surface area contributed by atoms with Crippen molar-refractivity contribution in [2.75, 3.05) is 6.61 Å². The van der Waals surface area contributed by atoms with Crippen molar-refractivity contribution in [1.82, 2.24) is 10.3 Å². The molecule has 1 N–H and O–H groups in total. The maximum atomic E-state index is 13.0. The number of benzene rings is 2. The third kappa shape index (κ3) is 5.78. The van der Waals surface area contributed by atoms with Gasteiger partial charge in [-0.2, -0.15) is 0 Å². The molecule has 3 aromatic rings. The maximum absolute atomic E-state index is 13.0. The van der Waals surface area contributed by atoms with E-state index in [0.717, 1.165) is 22.1 Å². The number of hydrogen-bond acceptors (Lipinski definition) is 4. The van der Waals surface area contributed by atoms with Crippen LogP contribution in [0.3, 0.4) is 0 Å². The van der Waals surface area contributed by atoms with E-state index in [4.69, 9.17) is 9.47 Å². The molecule has 3 rings (SSSR count). The van der Waals surface area contributed by atoms with Crippen LogP contribution in [0, 0.1) is 5.82 Å². The molecule has 6 heteroatoms. The van der Waals surface area contributed by atoms with Crippen LogP contribution >= 0.6 is 15.9 Å². The van der Waals surface area contributed by atoms with Gasteiger partial charge >= 0.3 is 0 Å². The van der Waals surface area contributed by atoms with E-state index in [1.54, 1.807) is 24.5 Å². The minimum Gasteiger partial charge on any atom is -0.490 e. The van der Waals surface area contributed by atoms with Gasteiger partial charge in [-0.15, -0.1) is 0 Å². The van der Waals surface area contributed by atoms with Crippen molar-refractivity contribution in [3.63, 3.8) is 0 Å². The van der Waals surface area contributed by atoms with Gasteiger partial charge in [0.2, 0.25) is 0 Å². The third-order valence-electron chi connectivity index (χ3n) is 4.11. The van der Waals surface area contributed by atoms with Crippen molar-refractivity contribution in [2.45, 2.75) is 26.6 Å². The summed E-state index contributed by atoms with van der Waals surface area (Å²) in [6, 6.07) is 14.1. The van der Waals surface area contributed by atoms with E-state index in [9.17, 15) is 4.39 Å². The highest BCUT2D eigenvalue weighted by atomic mass is 79.9. The van der Waals surface area contributed by atoms with Crippen LogP contribution in [0.25, 0.3) is 0 Å². The van der Waals surface area contributed by atoms with Crippen LogP contribution in [0.2, 0.25) is 0 Å². The molecule has 28 heavy (non-hydrogen) atoms. The first-order chi connectivity index (χ1) is 13.7. The summed E-state index contributed by atoms with van der Waals surface area (Å²) in [5, 5.41) is 3.42. The summed E-state index contributed by atoms with van der Waals surface area (Å²) in [4.78, 5) is 4.03. The van der Waals surface area contributed by atoms with Crippen molar-refractivity contribution in [3.8, 4) is 11.5 Å². The van der Waals surface area contributed by atoms with Gasteiger partial charge in [-0.3, -0.25) is 4.98 Å². The van der Waals surface area contributed by atoms with Crippen molar-refractivity contribution in [3.05, 3.63) is 87.9 Å². The fourth-order valence-corrected chi connectivity index (χ4v) is 3.14. The van der Waals surface area contributed by atoms with Crippen LogP contribution in [0.15, 0.2) is 65.4 Å². The Morgan fingerprint density at radius 2 is 1.64 bits per heavy atom. The Hall–Kier alpha value is -2.44. The molecule has 2 aromatic carbocycles. The molecule has 4 nitrogen and oxygen atoms in total. The maximum Gasteiger partial charge on any atom is 0.162 e. The molecule has 0 aliphatic rings. The average molecular weight is 445 g/mol. The van der Waals surface area contributed by atoms with Gasteiger partial charge in [0, 0.05) is 30.0 Å². The van der Waals surface area contributed by atoms with Crippen molar-refractivity contribution in [1.29, 1.82) is 0 Å². The Kier molecular flexibility index (Phi) is 7.39. The second kappa shape index (κ2) is 10.2. The second-order valence-corrected chi connectivity index (χ2v) is 7.05. The summed E-state index contributed by atoms with van der Waals surface area (Å²) < 4.78 is 25.7. The number of hydrogen-bond donors (Lipinski definition) is 1. The molecule has 1 heterocycles. The summed E-state index contributed by atoms with van der Waals surface area (Å²) in [6.45, 7) is 4.25. The van der Waals surface area contributed by atoms with Crippen LogP contribution in [0.5, 0.6) is 11.5 Å². The topological polar surface area (TPSA) is 43.4 Å². The molecule has 0 bridgehead atoms. The average Bonchev–Trinajstić information content (AvgIpc) is 2.71. The molecule has 0 atom stereocenters. The molecule has 146 valence electrons. The molecule has 0 unspecified atom stereocenters. The van der Waals surface area contributed by atoms with E-state index in [0.29, 0.717) is 31.3 Å². The van der Waals surface area contributed by atoms with Crippen molar-refractivity contribution in [2.24, 2.45) is 0 Å². The monoisotopic (exact) mass is 444 g/mol. The molecule has 0 aliphatic carbocycles. The van der Waals surface area contributed by atoms with E-state index in [1.807, 2.05) is 31.2 Å². The summed E-state index contributed by atoms with van der Waals surface area (Å²) in [5.74, 6) is 1.08. The standard InChI is InChI=1S/C22H22BrFN2O2/c1-2-27-21-11-18(14-26-13-16-7-9-25-10-8-16)20(23)12-22(21)28-15-17-3-5-19(24)6-4-17/h3-12,26H,2,13-15H2,1H3. The second-order valence-electron chi connectivity index (χ2n) is 6.20. The Morgan fingerprint density at radius 1 is 0.929 bits per heavy atom. The fraction of sp³-hybridized carbons (Fsp3) is 0.227. The van der Waals surface area contributed by atoms with E-state index in [-0.39, 0.29) is 5.82 Å². The third-order valence-corrected chi connectivity index (χ3v) is 4.85. The Bertz CT molecular complexity index is 889. The van der Waals surface area contributed by atoms with Crippen LogP contribution in [0.1, 0.15) is 23.6 Å². The molecule has 0 radical (unpaired) electrons. The van der Waals surface area contributed by atoms with Gasteiger partial charge in [0.05, 0.1) is 6.61 Å². The number of halogens is 2. The fourth-order valence-electron chi connectivity index (χ4n) is 2.68. The molecule has 0 saturated heterocycles. The minimum absolute atomic E-state index is 0.259. The summed E-state index contributed by atoms with van der Waals surface area (Å²) in [6.07, 6.45) is 3.57. The van der Waals surface area contributed by atoms with Gasteiger partial charge in [0.25, 0.3) is 0 Å². The van der Waals surface area contributed by atoms with Crippen LogP contribution in [-0.2, 0) is 19.7 Å². The normalized spacial score (nSPS) is 10.7. The zero-order chi connectivity index (χ0) is 19.8. The highest BCUT2D eigenvalue weighted by molar-refractivity contribution is 9.10. The van der Waals surface area contributed by atoms with Crippen molar-refractivity contribution < 1.29 is 13.9 Å². The van der Waals surface area contributed by atoms with Gasteiger partial charge in [-0.1, -0.05) is 28.1 Å². The van der Waals surface area contributed by atoms with E-state index in [2.05, 4.69) is 26.2 Å². The number of aromatic nitrogens is 1. The molecular weight excluding hydrogens is 423 g/mol. The van der Waals surface area contributed by atoms with Crippen LogP contribution in [-0.4, -0.2) is 11.6 Å². The van der Waals surface area contributed by atoms with Gasteiger partial charge in [-0.05, 0) is 60.0 Å². The molecule has 1 aromatic heterocycles. The lowest BCUT2D eigenvalue weighted by molar-refractivity contribution is 0.268. The van der Waals surface area contributed by atoms with Gasteiger partial charge in [0.15, 0.2) is 11.5 Å². The lowest BCUT2D eigenvalue weighted by atomic mass is 10.2. The molecular formula is C22H22BrFN2O2. The first kappa shape index (κ1) is 20.3. The number of nitrogens with one attached hydrogen (secondary N) is 1. The molecule has 0 fully saturated rings. The first-order valence-electron chi connectivity index (χ1n) is 9.07. The van der Waals surface area contributed by atoms with Gasteiger partial charge in [-0.25, -0.2) is 4.39 Å². The molecule has 0 aliphatic heterocycles. The summed E-state index contributed by atoms with van der Waals surface area (Å²) in [5.41, 5.74) is 3.14. The number of rotatable bonds is 9. The largest absolute Gasteiger partial charge is 0.490 e. The first-order valence-corrected chi connectivity index (χ1v) is 9.87. The number of ether oxygens (including phenoxy) is 2. The minimum atomic E-state index is -0.259. The predicted octanol–water partition coefficient (Wildman–Crippen LogP) is 5.25. The highest BCUT2D eigenvalue weighted by Gasteiger charge is 2.11. The lowest BCUT2D eigenvalue weighted by Gasteiger charge is -2.15. The summed E-state index contributed by atoms with van der Waals surface area (Å²) in [7, 11) is 0. The van der Waals surface area contributed by atoms with Crippen LogP contribution < -0.4 is 14.8 Å². The van der Waals surface area contributed by atoms with Crippen molar-refractivity contribution >= 4 is 15.9 Å². The molecule has 0 spiro atoms. The predicted molar refractivity (Wildman–Crippen MR) is 111 cm³/mol. The molecule has 0 amide bonds. The smallest absolute Gasteiger partial charge is 0.162 e. The van der Waals surface area contributed by atoms with Crippen LogP contribution in [0.4, 0.5) is 4.39 Å². The SMILES string of the molecule is CCOc1cc(CNCc2ccncc2)c(Br)cc1OCc1ccc(F)cc1. The zero-order valence-electron chi connectivity index (χ0n) is 15.6. The Morgan fingerprint density at radius 3 is 2.36 bits per heavy atom. The van der Waals surface area contributed by atoms with Gasteiger partial charge in [0.1, 0.15) is 12.4 Å². The molecule has 0 saturated carbocycles. The quantitative estimate of drug-likeness (QED) is 0.489. The lowest BCUT2D eigenvalue weighted by Crippen LogP contribution is -2.13. The Labute approximate surface area is 172 Å². The summed E-state index contributed by atoms with van der Waals surface area (Å²) >= 11 is 3.62. The number of pyridine rings is 1. The van der Waals surface area contributed by atoms with E-state index >= 15 is 0 Å². The number of nitrogens with zero attached hydrogens (tertiary/aromatic N) is 1. The highest BCUT2D eigenvalue weighted by Crippen LogP contribution is 2.34. The van der Waals surface area contributed by atoms with Gasteiger partial charge < -0.3 is 14.8 Å². The van der Waals surface area contributed by atoms with E-state index in [1.165, 1.54) is 17.7 Å². The Balaban J connectivity index is 1.67. The zero-order valence-corrected chi connectivity index (χ0v) is 17.2. The van der Waals surface area contributed by atoms with E-state index < -0.39 is 0 Å².